The molecule has 0 bridgehead atoms. The Labute approximate surface area is 197 Å². The summed E-state index contributed by atoms with van der Waals surface area (Å²) in [5.74, 6) is -0.571. The highest BCUT2D eigenvalue weighted by Crippen LogP contribution is 2.27. The fourth-order valence-electron chi connectivity index (χ4n) is 4.19. The zero-order valence-electron chi connectivity index (χ0n) is 19.3. The predicted octanol–water partition coefficient (Wildman–Crippen LogP) is 3.92. The molecule has 4 rings (SSSR count). The lowest BCUT2D eigenvalue weighted by atomic mass is 10.0. The molecule has 0 saturated heterocycles. The first-order chi connectivity index (χ1) is 16.5. The van der Waals surface area contributed by atoms with Crippen molar-refractivity contribution in [2.75, 3.05) is 33.9 Å². The van der Waals surface area contributed by atoms with Crippen molar-refractivity contribution >= 4 is 6.09 Å². The van der Waals surface area contributed by atoms with Crippen LogP contribution < -0.4 is 0 Å². The predicted molar refractivity (Wildman–Crippen MR) is 122 cm³/mol. The van der Waals surface area contributed by atoms with E-state index < -0.39 is 6.09 Å². The first-order valence-electron chi connectivity index (χ1n) is 11.1. The topological polar surface area (TPSA) is 59.8 Å². The van der Waals surface area contributed by atoms with Gasteiger partial charge in [-0.25, -0.2) is 18.3 Å². The standard InChI is InChI=1S/C25H28F2N4O3/c1-33-14-13-30(25(32)34-2)17-23-22-16-29(15-18-3-5-19(26)6-4-18)12-11-24(22)31(28-23)21-9-7-20(27)8-10-21/h3-10H,11-17H2,1-2H3. The number of hydrogen-bond acceptors (Lipinski definition) is 5. The number of rotatable bonds is 8. The summed E-state index contributed by atoms with van der Waals surface area (Å²) >= 11 is 0. The van der Waals surface area contributed by atoms with Crippen LogP contribution in [0.25, 0.3) is 5.69 Å². The van der Waals surface area contributed by atoms with Gasteiger partial charge >= 0.3 is 6.09 Å². The Morgan fingerprint density at radius 3 is 2.38 bits per heavy atom. The molecule has 0 spiro atoms. The third-order valence-corrected chi connectivity index (χ3v) is 5.95. The molecule has 1 amide bonds. The largest absolute Gasteiger partial charge is 0.453 e. The molecule has 0 unspecified atom stereocenters. The van der Waals surface area contributed by atoms with E-state index in [-0.39, 0.29) is 18.2 Å². The minimum Gasteiger partial charge on any atom is -0.453 e. The highest BCUT2D eigenvalue weighted by molar-refractivity contribution is 5.67. The monoisotopic (exact) mass is 470 g/mol. The van der Waals surface area contributed by atoms with Crippen molar-refractivity contribution in [2.24, 2.45) is 0 Å². The molecule has 0 radical (unpaired) electrons. The van der Waals surface area contributed by atoms with Crippen LogP contribution >= 0.6 is 0 Å². The lowest BCUT2D eigenvalue weighted by Crippen LogP contribution is -2.35. The molecule has 0 fully saturated rings. The molecule has 7 nitrogen and oxygen atoms in total. The van der Waals surface area contributed by atoms with Crippen LogP contribution in [0.1, 0.15) is 22.5 Å². The third kappa shape index (κ3) is 5.43. The number of aromatic nitrogens is 2. The summed E-state index contributed by atoms with van der Waals surface area (Å²) in [6.07, 6.45) is 0.276. The molecule has 0 aliphatic carbocycles. The molecule has 9 heteroatoms. The maximum atomic E-state index is 13.5. The summed E-state index contributed by atoms with van der Waals surface area (Å²) in [5, 5.41) is 4.84. The van der Waals surface area contributed by atoms with E-state index in [2.05, 4.69) is 4.90 Å². The second-order valence-electron chi connectivity index (χ2n) is 8.23. The van der Waals surface area contributed by atoms with Crippen molar-refractivity contribution in [2.45, 2.75) is 26.1 Å². The van der Waals surface area contributed by atoms with Gasteiger partial charge in [0.05, 0.1) is 37.3 Å². The van der Waals surface area contributed by atoms with E-state index in [0.29, 0.717) is 26.2 Å². The molecule has 3 aromatic rings. The van der Waals surface area contributed by atoms with Gasteiger partial charge in [0.1, 0.15) is 11.6 Å². The normalized spacial score (nSPS) is 13.5. The zero-order chi connectivity index (χ0) is 24.1. The van der Waals surface area contributed by atoms with Crippen molar-refractivity contribution in [3.8, 4) is 5.69 Å². The van der Waals surface area contributed by atoms with E-state index in [4.69, 9.17) is 14.6 Å². The fourth-order valence-corrected chi connectivity index (χ4v) is 4.19. The van der Waals surface area contributed by atoms with Gasteiger partial charge in [0.25, 0.3) is 0 Å². The Morgan fingerprint density at radius 1 is 1.06 bits per heavy atom. The van der Waals surface area contributed by atoms with E-state index in [1.54, 1.807) is 36.3 Å². The molecule has 180 valence electrons. The summed E-state index contributed by atoms with van der Waals surface area (Å²) in [6, 6.07) is 12.7. The number of hydrogen-bond donors (Lipinski definition) is 0. The maximum Gasteiger partial charge on any atom is 0.409 e. The first kappa shape index (κ1) is 23.8. The number of halogens is 2. The van der Waals surface area contributed by atoms with Crippen LogP contribution in [-0.4, -0.2) is 59.6 Å². The van der Waals surface area contributed by atoms with Gasteiger partial charge in [-0.15, -0.1) is 0 Å². The molecular weight excluding hydrogens is 442 g/mol. The number of carbonyl (C=O) groups excluding carboxylic acids is 1. The molecule has 0 N–H and O–H groups in total. The van der Waals surface area contributed by atoms with Crippen LogP contribution in [0.15, 0.2) is 48.5 Å². The molecule has 2 aromatic carbocycles. The number of methoxy groups -OCH3 is 2. The number of carbonyl (C=O) groups is 1. The molecule has 2 heterocycles. The van der Waals surface area contributed by atoms with Crippen LogP contribution in [0.3, 0.4) is 0 Å². The van der Waals surface area contributed by atoms with Gasteiger partial charge in [-0.05, 0) is 42.0 Å². The van der Waals surface area contributed by atoms with E-state index in [1.165, 1.54) is 31.4 Å². The molecule has 1 aliphatic heterocycles. The molecule has 0 atom stereocenters. The summed E-state index contributed by atoms with van der Waals surface area (Å²) in [4.78, 5) is 16.2. The number of benzene rings is 2. The summed E-state index contributed by atoms with van der Waals surface area (Å²) in [7, 11) is 2.92. The first-order valence-corrected chi connectivity index (χ1v) is 11.1. The van der Waals surface area contributed by atoms with E-state index in [9.17, 15) is 13.6 Å². The fraction of sp³-hybridized carbons (Fsp3) is 0.360. The van der Waals surface area contributed by atoms with E-state index in [1.807, 2.05) is 4.68 Å². The maximum absolute atomic E-state index is 13.5. The molecule has 1 aromatic heterocycles. The van der Waals surface area contributed by atoms with Gasteiger partial charge in [0.2, 0.25) is 0 Å². The Kier molecular flexibility index (Phi) is 7.54. The second-order valence-corrected chi connectivity index (χ2v) is 8.23. The average molecular weight is 471 g/mol. The summed E-state index contributed by atoms with van der Waals surface area (Å²) in [6.45, 7) is 3.08. The molecule has 1 aliphatic rings. The van der Waals surface area contributed by atoms with Crippen molar-refractivity contribution < 1.29 is 23.0 Å². The highest BCUT2D eigenvalue weighted by Gasteiger charge is 2.28. The lowest BCUT2D eigenvalue weighted by molar-refractivity contribution is 0.0995. The van der Waals surface area contributed by atoms with E-state index in [0.717, 1.165) is 41.2 Å². The Bertz CT molecular complexity index is 1120. The smallest absolute Gasteiger partial charge is 0.409 e. The number of fused-ring (bicyclic) bond motifs is 1. The van der Waals surface area contributed by atoms with Gasteiger partial charge in [-0.1, -0.05) is 12.1 Å². The van der Waals surface area contributed by atoms with Crippen LogP contribution in [0, 0.1) is 11.6 Å². The summed E-state index contributed by atoms with van der Waals surface area (Å²) < 4.78 is 38.8. The summed E-state index contributed by atoms with van der Waals surface area (Å²) in [5.41, 5.74) is 4.60. The molecular formula is C25H28F2N4O3. The highest BCUT2D eigenvalue weighted by atomic mass is 19.1. The van der Waals surface area contributed by atoms with Crippen molar-refractivity contribution in [3.05, 3.63) is 82.7 Å². The number of nitrogens with zero attached hydrogens (tertiary/aromatic N) is 4. The second kappa shape index (κ2) is 10.8. The number of ether oxygens (including phenoxy) is 2. The minimum absolute atomic E-state index is 0.258. The average Bonchev–Trinajstić information content (AvgIpc) is 3.20. The van der Waals surface area contributed by atoms with Crippen LogP contribution in [-0.2, 0) is 35.5 Å². The SMILES string of the molecule is COCCN(Cc1nn(-c2ccc(F)cc2)c2c1CN(Cc1ccc(F)cc1)CC2)C(=O)OC. The molecule has 0 saturated carbocycles. The van der Waals surface area contributed by atoms with Gasteiger partial charge in [-0.2, -0.15) is 5.10 Å². The van der Waals surface area contributed by atoms with Crippen LogP contribution in [0.5, 0.6) is 0 Å². The van der Waals surface area contributed by atoms with Gasteiger partial charge < -0.3 is 9.47 Å². The lowest BCUT2D eigenvalue weighted by Gasteiger charge is -2.28. The van der Waals surface area contributed by atoms with Crippen LogP contribution in [0.4, 0.5) is 13.6 Å². The molecule has 34 heavy (non-hydrogen) atoms. The quantitative estimate of drug-likeness (QED) is 0.500. The van der Waals surface area contributed by atoms with E-state index >= 15 is 0 Å². The third-order valence-electron chi connectivity index (χ3n) is 5.95. The van der Waals surface area contributed by atoms with Crippen molar-refractivity contribution in [3.63, 3.8) is 0 Å². The minimum atomic E-state index is -0.457. The van der Waals surface area contributed by atoms with Crippen molar-refractivity contribution in [1.82, 2.24) is 19.6 Å². The van der Waals surface area contributed by atoms with Gasteiger partial charge in [-0.3, -0.25) is 9.80 Å². The Hall–Kier alpha value is -3.30. The number of amides is 1. The Balaban J connectivity index is 1.65. The van der Waals surface area contributed by atoms with Gasteiger partial charge in [0, 0.05) is 45.3 Å². The Morgan fingerprint density at radius 2 is 1.74 bits per heavy atom. The van der Waals surface area contributed by atoms with Gasteiger partial charge in [0.15, 0.2) is 0 Å². The van der Waals surface area contributed by atoms with Crippen molar-refractivity contribution in [1.29, 1.82) is 0 Å². The zero-order valence-corrected chi connectivity index (χ0v) is 19.3. The van der Waals surface area contributed by atoms with Crippen LogP contribution in [0.2, 0.25) is 0 Å².